The number of hydrogen-bond acceptors (Lipinski definition) is 2. The number of rotatable bonds is 4. The Morgan fingerprint density at radius 2 is 1.75 bits per heavy atom. The number of anilines is 1. The minimum absolute atomic E-state index is 0.764. The highest BCUT2D eigenvalue weighted by Gasteiger charge is 2.04. The molecule has 0 aliphatic rings. The van der Waals surface area contributed by atoms with Gasteiger partial charge in [-0.25, -0.2) is 4.98 Å². The van der Waals surface area contributed by atoms with Crippen LogP contribution < -0.4 is 5.32 Å². The van der Waals surface area contributed by atoms with Crippen LogP contribution >= 0.6 is 0 Å². The van der Waals surface area contributed by atoms with Crippen molar-refractivity contribution < 1.29 is 0 Å². The fraction of sp³-hybridized carbons (Fsp3) is 0.118. The number of aryl methyl sites for hydroxylation is 1. The number of imidazole rings is 1. The summed E-state index contributed by atoms with van der Waals surface area (Å²) in [6.07, 6.45) is 3.71. The average Bonchev–Trinajstić information content (AvgIpc) is 2.92. The van der Waals surface area contributed by atoms with Gasteiger partial charge in [0.15, 0.2) is 0 Å². The molecule has 20 heavy (non-hydrogen) atoms. The van der Waals surface area contributed by atoms with Crippen molar-refractivity contribution in [2.75, 3.05) is 5.32 Å². The van der Waals surface area contributed by atoms with Crippen LogP contribution in [0.2, 0.25) is 0 Å². The molecular weight excluding hydrogens is 246 g/mol. The summed E-state index contributed by atoms with van der Waals surface area (Å²) in [7, 11) is 2.01. The molecule has 100 valence electrons. The Kier molecular flexibility index (Phi) is 3.50. The van der Waals surface area contributed by atoms with Gasteiger partial charge in [-0.2, -0.15) is 0 Å². The fourth-order valence-electron chi connectivity index (χ4n) is 2.25. The highest BCUT2D eigenvalue weighted by atomic mass is 15.0. The maximum Gasteiger partial charge on any atom is 0.0946 e. The SMILES string of the molecule is Cn1cncc1CNc1ccccc1-c1ccccc1. The lowest BCUT2D eigenvalue weighted by Gasteiger charge is -2.12. The third-order valence-corrected chi connectivity index (χ3v) is 3.39. The van der Waals surface area contributed by atoms with Gasteiger partial charge in [0, 0.05) is 24.5 Å². The lowest BCUT2D eigenvalue weighted by Crippen LogP contribution is -2.04. The van der Waals surface area contributed by atoms with Crippen molar-refractivity contribution in [3.8, 4) is 11.1 Å². The first-order valence-electron chi connectivity index (χ1n) is 6.68. The molecule has 0 radical (unpaired) electrons. The van der Waals surface area contributed by atoms with Gasteiger partial charge in [-0.3, -0.25) is 0 Å². The maximum atomic E-state index is 4.14. The van der Waals surface area contributed by atoms with Crippen LogP contribution in [0.1, 0.15) is 5.69 Å². The van der Waals surface area contributed by atoms with Crippen LogP contribution in [0, 0.1) is 0 Å². The van der Waals surface area contributed by atoms with E-state index in [0.717, 1.165) is 17.9 Å². The van der Waals surface area contributed by atoms with E-state index in [0.29, 0.717) is 0 Å². The van der Waals surface area contributed by atoms with Crippen LogP contribution in [0.15, 0.2) is 67.1 Å². The monoisotopic (exact) mass is 263 g/mol. The molecule has 1 N–H and O–H groups in total. The van der Waals surface area contributed by atoms with Crippen molar-refractivity contribution in [3.05, 3.63) is 72.8 Å². The first-order chi connectivity index (χ1) is 9.84. The zero-order valence-corrected chi connectivity index (χ0v) is 11.5. The van der Waals surface area contributed by atoms with E-state index in [4.69, 9.17) is 0 Å². The fourth-order valence-corrected chi connectivity index (χ4v) is 2.25. The number of para-hydroxylation sites is 1. The molecule has 0 atom stereocenters. The second kappa shape index (κ2) is 5.61. The molecule has 0 fully saturated rings. The van der Waals surface area contributed by atoms with Crippen molar-refractivity contribution in [2.24, 2.45) is 7.05 Å². The molecule has 0 amide bonds. The van der Waals surface area contributed by atoms with Crippen molar-refractivity contribution in [1.29, 1.82) is 0 Å². The number of nitrogens with zero attached hydrogens (tertiary/aromatic N) is 2. The third-order valence-electron chi connectivity index (χ3n) is 3.39. The molecule has 0 saturated carbocycles. The van der Waals surface area contributed by atoms with Crippen LogP contribution in [-0.4, -0.2) is 9.55 Å². The Bertz CT molecular complexity index is 686. The standard InChI is InChI=1S/C17H17N3/c1-20-13-18-11-15(20)12-19-17-10-6-5-9-16(17)14-7-3-2-4-8-14/h2-11,13,19H,12H2,1H3. The molecule has 3 rings (SSSR count). The molecular formula is C17H17N3. The van der Waals surface area contributed by atoms with Gasteiger partial charge in [0.05, 0.1) is 18.6 Å². The van der Waals surface area contributed by atoms with Crippen LogP contribution in [0.5, 0.6) is 0 Å². The molecule has 0 unspecified atom stereocenters. The van der Waals surface area contributed by atoms with Crippen LogP contribution in [0.3, 0.4) is 0 Å². The molecule has 0 saturated heterocycles. The predicted octanol–water partition coefficient (Wildman–Crippen LogP) is 3.70. The first kappa shape index (κ1) is 12.5. The van der Waals surface area contributed by atoms with E-state index in [9.17, 15) is 0 Å². The lowest BCUT2D eigenvalue weighted by atomic mass is 10.0. The Labute approximate surface area is 118 Å². The highest BCUT2D eigenvalue weighted by Crippen LogP contribution is 2.27. The Morgan fingerprint density at radius 3 is 2.50 bits per heavy atom. The average molecular weight is 263 g/mol. The third kappa shape index (κ3) is 2.57. The normalized spacial score (nSPS) is 10.4. The van der Waals surface area contributed by atoms with E-state index in [1.54, 1.807) is 0 Å². The topological polar surface area (TPSA) is 29.9 Å². The van der Waals surface area contributed by atoms with E-state index in [2.05, 4.69) is 58.8 Å². The maximum absolute atomic E-state index is 4.14. The van der Waals surface area contributed by atoms with E-state index >= 15 is 0 Å². The van der Waals surface area contributed by atoms with E-state index in [1.807, 2.05) is 30.2 Å². The van der Waals surface area contributed by atoms with Crippen molar-refractivity contribution in [3.63, 3.8) is 0 Å². The van der Waals surface area contributed by atoms with Gasteiger partial charge in [-0.05, 0) is 11.6 Å². The zero-order chi connectivity index (χ0) is 13.8. The second-order valence-corrected chi connectivity index (χ2v) is 4.76. The van der Waals surface area contributed by atoms with Gasteiger partial charge in [-0.15, -0.1) is 0 Å². The summed E-state index contributed by atoms with van der Waals surface area (Å²) < 4.78 is 2.03. The summed E-state index contributed by atoms with van der Waals surface area (Å²) in [4.78, 5) is 4.14. The molecule has 2 aromatic carbocycles. The van der Waals surface area contributed by atoms with Gasteiger partial charge >= 0.3 is 0 Å². The molecule has 1 heterocycles. The number of nitrogens with one attached hydrogen (secondary N) is 1. The summed E-state index contributed by atoms with van der Waals surface area (Å²) in [5.74, 6) is 0. The molecule has 1 aromatic heterocycles. The summed E-state index contributed by atoms with van der Waals surface area (Å²) in [5, 5.41) is 3.49. The molecule has 0 aliphatic heterocycles. The summed E-state index contributed by atoms with van der Waals surface area (Å²) in [5.41, 5.74) is 4.74. The van der Waals surface area contributed by atoms with Crippen molar-refractivity contribution in [1.82, 2.24) is 9.55 Å². The lowest BCUT2D eigenvalue weighted by molar-refractivity contribution is 0.837. The first-order valence-corrected chi connectivity index (χ1v) is 6.68. The Balaban J connectivity index is 1.85. The molecule has 3 aromatic rings. The highest BCUT2D eigenvalue weighted by molar-refractivity contribution is 5.77. The number of hydrogen-bond donors (Lipinski definition) is 1. The minimum Gasteiger partial charge on any atom is -0.379 e. The minimum atomic E-state index is 0.764. The van der Waals surface area contributed by atoms with Crippen LogP contribution in [0.4, 0.5) is 5.69 Å². The summed E-state index contributed by atoms with van der Waals surface area (Å²) >= 11 is 0. The number of aromatic nitrogens is 2. The summed E-state index contributed by atoms with van der Waals surface area (Å²) in [6, 6.07) is 18.8. The predicted molar refractivity (Wildman–Crippen MR) is 82.4 cm³/mol. The van der Waals surface area contributed by atoms with Gasteiger partial charge in [0.2, 0.25) is 0 Å². The van der Waals surface area contributed by atoms with E-state index in [-0.39, 0.29) is 0 Å². The summed E-state index contributed by atoms with van der Waals surface area (Å²) in [6.45, 7) is 0.764. The van der Waals surface area contributed by atoms with Crippen molar-refractivity contribution in [2.45, 2.75) is 6.54 Å². The number of benzene rings is 2. The smallest absolute Gasteiger partial charge is 0.0946 e. The van der Waals surface area contributed by atoms with E-state index < -0.39 is 0 Å². The molecule has 0 aliphatic carbocycles. The molecule has 3 heteroatoms. The molecule has 0 spiro atoms. The van der Waals surface area contributed by atoms with Crippen LogP contribution in [-0.2, 0) is 13.6 Å². The van der Waals surface area contributed by atoms with Gasteiger partial charge in [-0.1, -0.05) is 48.5 Å². The molecule has 3 nitrogen and oxygen atoms in total. The largest absolute Gasteiger partial charge is 0.379 e. The Hall–Kier alpha value is -2.55. The second-order valence-electron chi connectivity index (χ2n) is 4.76. The van der Waals surface area contributed by atoms with Crippen LogP contribution in [0.25, 0.3) is 11.1 Å². The van der Waals surface area contributed by atoms with E-state index in [1.165, 1.54) is 11.1 Å². The van der Waals surface area contributed by atoms with Crippen molar-refractivity contribution >= 4 is 5.69 Å². The van der Waals surface area contributed by atoms with Gasteiger partial charge in [0.25, 0.3) is 0 Å². The zero-order valence-electron chi connectivity index (χ0n) is 11.5. The quantitative estimate of drug-likeness (QED) is 0.778. The molecule has 0 bridgehead atoms. The van der Waals surface area contributed by atoms with Gasteiger partial charge in [0.1, 0.15) is 0 Å². The Morgan fingerprint density at radius 1 is 1.00 bits per heavy atom. The van der Waals surface area contributed by atoms with Gasteiger partial charge < -0.3 is 9.88 Å².